The fraction of sp³-hybridized carbons (Fsp3) is 0.591. The van der Waals surface area contributed by atoms with Crippen LogP contribution in [0.3, 0.4) is 0 Å². The molecule has 3 rings (SSSR count). The number of piperidine rings is 1. The predicted octanol–water partition coefficient (Wildman–Crippen LogP) is 2.52. The summed E-state index contributed by atoms with van der Waals surface area (Å²) in [5, 5.41) is 6.49. The van der Waals surface area contributed by atoms with E-state index in [1.54, 1.807) is 7.05 Å². The smallest absolute Gasteiger partial charge is 0.229 e. The van der Waals surface area contributed by atoms with Crippen LogP contribution in [0.4, 0.5) is 0 Å². The average molecular weight is 401 g/mol. The van der Waals surface area contributed by atoms with Gasteiger partial charge in [0, 0.05) is 45.1 Å². The Kier molecular flexibility index (Phi) is 7.49. The minimum atomic E-state index is -0.0839. The van der Waals surface area contributed by atoms with Gasteiger partial charge in [0.2, 0.25) is 11.8 Å². The number of imide groups is 1. The predicted molar refractivity (Wildman–Crippen MR) is 113 cm³/mol. The van der Waals surface area contributed by atoms with Gasteiger partial charge in [-0.15, -0.1) is 0 Å². The number of amides is 2. The minimum absolute atomic E-state index is 0.0839. The third-order valence-corrected chi connectivity index (χ3v) is 5.50. The van der Waals surface area contributed by atoms with E-state index in [2.05, 4.69) is 40.7 Å². The van der Waals surface area contributed by atoms with Crippen LogP contribution in [0.15, 0.2) is 23.2 Å². The fourth-order valence-corrected chi connectivity index (χ4v) is 3.84. The lowest BCUT2D eigenvalue weighted by atomic mass is 10.1. The molecular weight excluding hydrogens is 368 g/mol. The molecule has 1 aromatic carbocycles. The quantitative estimate of drug-likeness (QED) is 0.417. The molecule has 2 N–H and O–H groups in total. The highest BCUT2D eigenvalue weighted by Gasteiger charge is 2.25. The zero-order valence-electron chi connectivity index (χ0n) is 17.5. The summed E-state index contributed by atoms with van der Waals surface area (Å²) >= 11 is 0. The third-order valence-electron chi connectivity index (χ3n) is 5.50. The number of ether oxygens (including phenoxy) is 1. The molecule has 1 saturated heterocycles. The van der Waals surface area contributed by atoms with Gasteiger partial charge in [0.15, 0.2) is 5.96 Å². The highest BCUT2D eigenvalue weighted by atomic mass is 16.5. The summed E-state index contributed by atoms with van der Waals surface area (Å²) in [4.78, 5) is 29.4. The van der Waals surface area contributed by atoms with Gasteiger partial charge in [0.05, 0.1) is 6.10 Å². The maximum Gasteiger partial charge on any atom is 0.229 e. The zero-order chi connectivity index (χ0) is 20.6. The molecule has 2 amide bonds. The second-order valence-corrected chi connectivity index (χ2v) is 7.78. The van der Waals surface area contributed by atoms with Crippen LogP contribution in [-0.2, 0) is 16.1 Å². The van der Waals surface area contributed by atoms with Crippen molar-refractivity contribution in [2.24, 2.45) is 4.99 Å². The Hall–Kier alpha value is -2.57. The fourth-order valence-electron chi connectivity index (χ4n) is 3.84. The van der Waals surface area contributed by atoms with Crippen LogP contribution in [0.2, 0.25) is 0 Å². The van der Waals surface area contributed by atoms with E-state index in [4.69, 9.17) is 4.74 Å². The number of rotatable bonds is 7. The third kappa shape index (κ3) is 5.95. The normalized spacial score (nSPS) is 18.3. The van der Waals surface area contributed by atoms with Gasteiger partial charge in [-0.05, 0) is 50.7 Å². The van der Waals surface area contributed by atoms with E-state index in [0.717, 1.165) is 24.2 Å². The Balaban J connectivity index is 1.51. The number of carbonyl (C=O) groups is 2. The summed E-state index contributed by atoms with van der Waals surface area (Å²) in [5.74, 6) is 1.40. The summed E-state index contributed by atoms with van der Waals surface area (Å²) in [5.41, 5.74) is 2.27. The number of aliphatic imine (C=N–C) groups is 1. The Morgan fingerprint density at radius 2 is 1.86 bits per heavy atom. The molecule has 7 nitrogen and oxygen atoms in total. The van der Waals surface area contributed by atoms with E-state index in [9.17, 15) is 9.59 Å². The van der Waals surface area contributed by atoms with Gasteiger partial charge in [-0.25, -0.2) is 0 Å². The Morgan fingerprint density at radius 3 is 2.55 bits per heavy atom. The number of nitrogens with one attached hydrogen (secondary N) is 2. The van der Waals surface area contributed by atoms with Crippen LogP contribution in [0.25, 0.3) is 0 Å². The molecule has 1 saturated carbocycles. The first-order valence-electron chi connectivity index (χ1n) is 10.6. The highest BCUT2D eigenvalue weighted by Crippen LogP contribution is 2.27. The molecule has 29 heavy (non-hydrogen) atoms. The van der Waals surface area contributed by atoms with Crippen molar-refractivity contribution in [3.63, 3.8) is 0 Å². The molecule has 0 aromatic heterocycles. The Morgan fingerprint density at radius 1 is 1.14 bits per heavy atom. The number of nitrogens with zero attached hydrogens (tertiary/aromatic N) is 2. The van der Waals surface area contributed by atoms with Gasteiger partial charge in [-0.2, -0.15) is 0 Å². The number of aryl methyl sites for hydroxylation is 1. The molecular formula is C22H32N4O3. The van der Waals surface area contributed by atoms with Crippen molar-refractivity contribution in [2.75, 3.05) is 20.1 Å². The van der Waals surface area contributed by atoms with Crippen LogP contribution in [0.5, 0.6) is 5.75 Å². The van der Waals surface area contributed by atoms with Gasteiger partial charge >= 0.3 is 0 Å². The van der Waals surface area contributed by atoms with Crippen LogP contribution in [0, 0.1) is 6.92 Å². The largest absolute Gasteiger partial charge is 0.490 e. The lowest BCUT2D eigenvalue weighted by Gasteiger charge is -2.25. The van der Waals surface area contributed by atoms with Gasteiger partial charge in [-0.3, -0.25) is 19.5 Å². The van der Waals surface area contributed by atoms with Crippen molar-refractivity contribution >= 4 is 17.8 Å². The second-order valence-electron chi connectivity index (χ2n) is 7.78. The van der Waals surface area contributed by atoms with Crippen molar-refractivity contribution < 1.29 is 14.3 Å². The SMILES string of the molecule is CN=C(NCCN1C(=O)CCCC1=O)NCc1ccc(C)cc1OC1CCCC1. The first kappa shape index (κ1) is 21.1. The monoisotopic (exact) mass is 400 g/mol. The van der Waals surface area contributed by atoms with Crippen molar-refractivity contribution in [1.82, 2.24) is 15.5 Å². The van der Waals surface area contributed by atoms with Gasteiger partial charge in [-0.1, -0.05) is 12.1 Å². The summed E-state index contributed by atoms with van der Waals surface area (Å²) in [7, 11) is 1.71. The van der Waals surface area contributed by atoms with Crippen LogP contribution >= 0.6 is 0 Å². The summed E-state index contributed by atoms with van der Waals surface area (Å²) in [6.45, 7) is 3.49. The Labute approximate surface area is 172 Å². The number of benzene rings is 1. The van der Waals surface area contributed by atoms with Gasteiger partial charge in [0.1, 0.15) is 5.75 Å². The first-order chi connectivity index (χ1) is 14.1. The number of hydrogen-bond acceptors (Lipinski definition) is 4. The molecule has 158 valence electrons. The molecule has 2 fully saturated rings. The number of hydrogen-bond donors (Lipinski definition) is 2. The van der Waals surface area contributed by atoms with E-state index < -0.39 is 0 Å². The van der Waals surface area contributed by atoms with Crippen molar-refractivity contribution in [3.05, 3.63) is 29.3 Å². The standard InChI is InChI=1S/C22H32N4O3/c1-16-10-11-17(19(14-16)29-18-6-3-4-7-18)15-25-22(23-2)24-12-13-26-20(27)8-5-9-21(26)28/h10-11,14,18H,3-9,12-13,15H2,1-2H3,(H2,23,24,25). The second kappa shape index (κ2) is 10.3. The molecule has 0 unspecified atom stereocenters. The van der Waals surface area contributed by atoms with E-state index in [1.165, 1.54) is 23.3 Å². The molecule has 1 aliphatic heterocycles. The van der Waals surface area contributed by atoms with E-state index >= 15 is 0 Å². The highest BCUT2D eigenvalue weighted by molar-refractivity contribution is 5.97. The maximum atomic E-state index is 11.9. The van der Waals surface area contributed by atoms with E-state index in [0.29, 0.717) is 51.0 Å². The molecule has 0 atom stereocenters. The zero-order valence-corrected chi connectivity index (χ0v) is 17.5. The minimum Gasteiger partial charge on any atom is -0.490 e. The molecule has 0 spiro atoms. The lowest BCUT2D eigenvalue weighted by molar-refractivity contribution is -0.147. The van der Waals surface area contributed by atoms with E-state index in [-0.39, 0.29) is 11.8 Å². The van der Waals surface area contributed by atoms with E-state index in [1.807, 2.05) is 0 Å². The molecule has 2 aliphatic rings. The summed E-state index contributed by atoms with van der Waals surface area (Å²) < 4.78 is 6.26. The average Bonchev–Trinajstić information content (AvgIpc) is 3.21. The topological polar surface area (TPSA) is 83.0 Å². The number of guanidine groups is 1. The number of likely N-dealkylation sites (tertiary alicyclic amines) is 1. The van der Waals surface area contributed by atoms with Crippen molar-refractivity contribution in [3.8, 4) is 5.75 Å². The molecule has 0 bridgehead atoms. The Bertz CT molecular complexity index is 740. The molecule has 1 heterocycles. The maximum absolute atomic E-state index is 11.9. The molecule has 1 aliphatic carbocycles. The molecule has 7 heteroatoms. The van der Waals surface area contributed by atoms with Crippen LogP contribution in [-0.4, -0.2) is 48.9 Å². The van der Waals surface area contributed by atoms with Crippen molar-refractivity contribution in [2.45, 2.75) is 64.5 Å². The molecule has 0 radical (unpaired) electrons. The first-order valence-corrected chi connectivity index (χ1v) is 10.6. The lowest BCUT2D eigenvalue weighted by Crippen LogP contribution is -2.46. The molecule has 1 aromatic rings. The van der Waals surface area contributed by atoms with Crippen LogP contribution < -0.4 is 15.4 Å². The number of carbonyl (C=O) groups excluding carboxylic acids is 2. The van der Waals surface area contributed by atoms with Crippen LogP contribution in [0.1, 0.15) is 56.1 Å². The van der Waals surface area contributed by atoms with Gasteiger partial charge < -0.3 is 15.4 Å². The summed E-state index contributed by atoms with van der Waals surface area (Å²) in [6, 6.07) is 6.27. The van der Waals surface area contributed by atoms with Crippen molar-refractivity contribution in [1.29, 1.82) is 0 Å². The van der Waals surface area contributed by atoms with Gasteiger partial charge in [0.25, 0.3) is 0 Å². The summed E-state index contributed by atoms with van der Waals surface area (Å²) in [6.07, 6.45) is 6.60.